The van der Waals surface area contributed by atoms with Gasteiger partial charge in [0.05, 0.1) is 11.6 Å². The average molecular weight is 396 g/mol. The summed E-state index contributed by atoms with van der Waals surface area (Å²) in [6.07, 6.45) is 4.75. The molecule has 4 N–H and O–H groups in total. The van der Waals surface area contributed by atoms with Crippen molar-refractivity contribution < 1.29 is 4.79 Å². The van der Waals surface area contributed by atoms with Crippen molar-refractivity contribution in [3.63, 3.8) is 0 Å². The second-order valence-corrected chi connectivity index (χ2v) is 8.36. The van der Waals surface area contributed by atoms with Crippen molar-refractivity contribution in [2.45, 2.75) is 57.5 Å². The summed E-state index contributed by atoms with van der Waals surface area (Å²) in [4.78, 5) is 33.7. The van der Waals surface area contributed by atoms with Gasteiger partial charge in [-0.2, -0.15) is 0 Å². The third-order valence-corrected chi connectivity index (χ3v) is 6.39. The Morgan fingerprint density at radius 3 is 2.52 bits per heavy atom. The fourth-order valence-corrected chi connectivity index (χ4v) is 4.28. The predicted octanol–water partition coefficient (Wildman–Crippen LogP) is 2.69. The van der Waals surface area contributed by atoms with Crippen LogP contribution in [0.4, 0.5) is 5.82 Å². The van der Waals surface area contributed by atoms with Crippen LogP contribution in [0.3, 0.4) is 0 Å². The number of nitrogens with one attached hydrogen (secondary N) is 2. The van der Waals surface area contributed by atoms with E-state index in [1.807, 2.05) is 19.1 Å². The SMILES string of the molecule is Cc1c(NC2CCCC2)nc(C(C)N2CC(c3ccc(C(N)=O)cc3)C2)[nH]c1=O. The van der Waals surface area contributed by atoms with Crippen LogP contribution in [0.5, 0.6) is 0 Å². The second-order valence-electron chi connectivity index (χ2n) is 8.36. The molecule has 2 aliphatic rings. The molecule has 7 nitrogen and oxygen atoms in total. The maximum Gasteiger partial charge on any atom is 0.255 e. The molecule has 1 unspecified atom stereocenters. The van der Waals surface area contributed by atoms with Gasteiger partial charge < -0.3 is 16.0 Å². The second kappa shape index (κ2) is 7.99. The van der Waals surface area contributed by atoms with Gasteiger partial charge in [0.15, 0.2) is 0 Å². The topological polar surface area (TPSA) is 104 Å². The zero-order valence-corrected chi connectivity index (χ0v) is 17.1. The van der Waals surface area contributed by atoms with Crippen LogP contribution in [0.15, 0.2) is 29.1 Å². The molecule has 2 heterocycles. The Bertz CT molecular complexity index is 941. The first-order valence-electron chi connectivity index (χ1n) is 10.4. The number of H-pyrrole nitrogens is 1. The molecule has 1 aromatic heterocycles. The summed E-state index contributed by atoms with van der Waals surface area (Å²) < 4.78 is 0. The molecule has 2 aromatic rings. The summed E-state index contributed by atoms with van der Waals surface area (Å²) in [6.45, 7) is 5.69. The molecule has 1 atom stereocenters. The van der Waals surface area contributed by atoms with Crippen LogP contribution >= 0.6 is 0 Å². The van der Waals surface area contributed by atoms with Crippen LogP contribution in [0.2, 0.25) is 0 Å². The van der Waals surface area contributed by atoms with Gasteiger partial charge in [-0.05, 0) is 44.4 Å². The molecule has 0 radical (unpaired) electrons. The van der Waals surface area contributed by atoms with Crippen molar-refractivity contribution in [3.8, 4) is 0 Å². The van der Waals surface area contributed by atoms with Crippen LogP contribution in [-0.4, -0.2) is 39.9 Å². The third-order valence-electron chi connectivity index (χ3n) is 6.39. The van der Waals surface area contributed by atoms with E-state index in [2.05, 4.69) is 22.1 Å². The summed E-state index contributed by atoms with van der Waals surface area (Å²) >= 11 is 0. The van der Waals surface area contributed by atoms with E-state index in [4.69, 9.17) is 10.7 Å². The van der Waals surface area contributed by atoms with Gasteiger partial charge in [-0.1, -0.05) is 25.0 Å². The number of carbonyl (C=O) groups excluding carboxylic acids is 1. The number of hydrogen-bond donors (Lipinski definition) is 3. The molecular weight excluding hydrogens is 366 g/mol. The molecular formula is C22H29N5O2. The van der Waals surface area contributed by atoms with Crippen molar-refractivity contribution in [2.24, 2.45) is 5.73 Å². The molecule has 1 amide bonds. The van der Waals surface area contributed by atoms with Gasteiger partial charge in [-0.25, -0.2) is 4.98 Å². The number of anilines is 1. The van der Waals surface area contributed by atoms with Crippen LogP contribution in [-0.2, 0) is 0 Å². The van der Waals surface area contributed by atoms with Gasteiger partial charge in [0, 0.05) is 30.6 Å². The minimum atomic E-state index is -0.406. The molecule has 0 bridgehead atoms. The van der Waals surface area contributed by atoms with Crippen LogP contribution in [0.1, 0.15) is 71.9 Å². The van der Waals surface area contributed by atoms with Gasteiger partial charge in [-0.15, -0.1) is 0 Å². The smallest absolute Gasteiger partial charge is 0.255 e. The van der Waals surface area contributed by atoms with Crippen molar-refractivity contribution in [2.75, 3.05) is 18.4 Å². The van der Waals surface area contributed by atoms with Gasteiger partial charge in [0.1, 0.15) is 11.6 Å². The van der Waals surface area contributed by atoms with Crippen LogP contribution in [0, 0.1) is 6.92 Å². The molecule has 1 saturated heterocycles. The first-order chi connectivity index (χ1) is 13.9. The number of aromatic nitrogens is 2. The molecule has 29 heavy (non-hydrogen) atoms. The first kappa shape index (κ1) is 19.6. The maximum absolute atomic E-state index is 12.4. The number of aromatic amines is 1. The number of primary amides is 1. The minimum absolute atomic E-state index is 0.0357. The van der Waals surface area contributed by atoms with E-state index < -0.39 is 5.91 Å². The summed E-state index contributed by atoms with van der Waals surface area (Å²) in [6, 6.07) is 7.97. The Labute approximate surface area is 170 Å². The lowest BCUT2D eigenvalue weighted by molar-refractivity contribution is 0.0956. The largest absolute Gasteiger partial charge is 0.367 e. The molecule has 1 saturated carbocycles. The van der Waals surface area contributed by atoms with Crippen molar-refractivity contribution >= 4 is 11.7 Å². The number of carbonyl (C=O) groups is 1. The summed E-state index contributed by atoms with van der Waals surface area (Å²) in [5.41, 5.74) is 7.63. The zero-order valence-electron chi connectivity index (χ0n) is 17.1. The van der Waals surface area contributed by atoms with Crippen LogP contribution < -0.4 is 16.6 Å². The fourth-order valence-electron chi connectivity index (χ4n) is 4.28. The van der Waals surface area contributed by atoms with E-state index in [0.29, 0.717) is 28.9 Å². The highest BCUT2D eigenvalue weighted by molar-refractivity contribution is 5.92. The highest BCUT2D eigenvalue weighted by atomic mass is 16.1. The highest BCUT2D eigenvalue weighted by Gasteiger charge is 2.33. The third kappa shape index (κ3) is 4.05. The molecule has 4 rings (SSSR count). The van der Waals surface area contributed by atoms with Gasteiger partial charge in [0.2, 0.25) is 5.91 Å². The van der Waals surface area contributed by atoms with Crippen molar-refractivity contribution in [1.82, 2.24) is 14.9 Å². The quantitative estimate of drug-likeness (QED) is 0.698. The van der Waals surface area contributed by atoms with E-state index in [9.17, 15) is 9.59 Å². The number of amides is 1. The minimum Gasteiger partial charge on any atom is -0.367 e. The van der Waals surface area contributed by atoms with E-state index in [1.54, 1.807) is 12.1 Å². The van der Waals surface area contributed by atoms with Gasteiger partial charge in [0.25, 0.3) is 5.56 Å². The molecule has 7 heteroatoms. The number of rotatable bonds is 6. The molecule has 1 aliphatic carbocycles. The predicted molar refractivity (Wildman–Crippen MR) is 113 cm³/mol. The first-order valence-corrected chi connectivity index (χ1v) is 10.4. The van der Waals surface area contributed by atoms with E-state index in [-0.39, 0.29) is 11.6 Å². The van der Waals surface area contributed by atoms with Crippen LogP contribution in [0.25, 0.3) is 0 Å². The lowest BCUT2D eigenvalue weighted by Crippen LogP contribution is -2.46. The summed E-state index contributed by atoms with van der Waals surface area (Å²) in [7, 11) is 0. The Balaban J connectivity index is 1.43. The van der Waals surface area contributed by atoms with E-state index in [1.165, 1.54) is 18.4 Å². The number of likely N-dealkylation sites (tertiary alicyclic amines) is 1. The van der Waals surface area contributed by atoms with Crippen molar-refractivity contribution in [1.29, 1.82) is 0 Å². The molecule has 2 fully saturated rings. The lowest BCUT2D eigenvalue weighted by Gasteiger charge is -2.43. The average Bonchev–Trinajstić information content (AvgIpc) is 3.17. The standard InChI is InChI=1S/C22H29N5O2/c1-13-20(24-18-5-3-4-6-18)25-21(26-22(13)29)14(2)27-11-17(12-27)15-7-9-16(10-8-15)19(23)28/h7-10,14,17-18H,3-6,11-12H2,1-2H3,(H2,23,28)(H2,24,25,26,29). The Kier molecular flexibility index (Phi) is 5.41. The monoisotopic (exact) mass is 395 g/mol. The lowest BCUT2D eigenvalue weighted by atomic mass is 9.89. The fraction of sp³-hybridized carbons (Fsp3) is 0.500. The number of benzene rings is 1. The van der Waals surface area contributed by atoms with E-state index >= 15 is 0 Å². The highest BCUT2D eigenvalue weighted by Crippen LogP contribution is 2.33. The van der Waals surface area contributed by atoms with E-state index in [0.717, 1.165) is 31.7 Å². The number of nitrogens with zero attached hydrogens (tertiary/aromatic N) is 2. The maximum atomic E-state index is 12.4. The Hall–Kier alpha value is -2.67. The molecule has 0 spiro atoms. The Morgan fingerprint density at radius 2 is 1.90 bits per heavy atom. The summed E-state index contributed by atoms with van der Waals surface area (Å²) in [5.74, 6) is 1.44. The van der Waals surface area contributed by atoms with Gasteiger partial charge in [-0.3, -0.25) is 14.5 Å². The Morgan fingerprint density at radius 1 is 1.24 bits per heavy atom. The molecule has 1 aromatic carbocycles. The van der Waals surface area contributed by atoms with Crippen molar-refractivity contribution in [3.05, 3.63) is 57.1 Å². The number of nitrogens with two attached hydrogens (primary N) is 1. The molecule has 154 valence electrons. The zero-order chi connectivity index (χ0) is 20.5. The van der Waals surface area contributed by atoms with Gasteiger partial charge >= 0.3 is 0 Å². The summed E-state index contributed by atoms with van der Waals surface area (Å²) in [5, 5.41) is 3.48. The number of hydrogen-bond acceptors (Lipinski definition) is 5. The normalized spacial score (nSPS) is 19.1. The molecule has 1 aliphatic heterocycles.